The van der Waals surface area contributed by atoms with Crippen molar-refractivity contribution in [3.05, 3.63) is 41.0 Å². The highest BCUT2D eigenvalue weighted by Crippen LogP contribution is 2.25. The third-order valence-electron chi connectivity index (χ3n) is 2.50. The van der Waals surface area contributed by atoms with E-state index in [0.717, 1.165) is 17.5 Å². The van der Waals surface area contributed by atoms with Crippen molar-refractivity contribution >= 4 is 23.5 Å². The van der Waals surface area contributed by atoms with Crippen molar-refractivity contribution in [2.45, 2.75) is 12.8 Å². The van der Waals surface area contributed by atoms with Crippen LogP contribution >= 0.6 is 11.6 Å². The standard InChI is InChI=1S/C12H11ClO/c13-8-2-4-9-3-1-5-11-10(9)6-7-12(11)14/h1-5H,6-8H2. The van der Waals surface area contributed by atoms with Gasteiger partial charge in [0.1, 0.15) is 0 Å². The number of rotatable bonds is 2. The molecule has 0 unspecified atom stereocenters. The van der Waals surface area contributed by atoms with Gasteiger partial charge in [0.2, 0.25) is 0 Å². The molecule has 0 saturated heterocycles. The minimum Gasteiger partial charge on any atom is -0.294 e. The molecule has 0 aromatic heterocycles. The van der Waals surface area contributed by atoms with E-state index < -0.39 is 0 Å². The lowest BCUT2D eigenvalue weighted by atomic mass is 10.0. The van der Waals surface area contributed by atoms with Gasteiger partial charge in [-0.05, 0) is 17.5 Å². The molecular weight excluding hydrogens is 196 g/mol. The molecular formula is C12H11ClO. The minimum atomic E-state index is 0.265. The van der Waals surface area contributed by atoms with Crippen molar-refractivity contribution in [3.63, 3.8) is 0 Å². The summed E-state index contributed by atoms with van der Waals surface area (Å²) in [5.74, 6) is 0.776. The lowest BCUT2D eigenvalue weighted by Gasteiger charge is -2.01. The lowest BCUT2D eigenvalue weighted by molar-refractivity contribution is 0.0994. The van der Waals surface area contributed by atoms with Crippen LogP contribution in [0.1, 0.15) is 27.9 Å². The van der Waals surface area contributed by atoms with Crippen LogP contribution in [0.3, 0.4) is 0 Å². The SMILES string of the molecule is O=C1CCc2c(C=CCCl)cccc21. The van der Waals surface area contributed by atoms with Crippen molar-refractivity contribution in [1.29, 1.82) is 0 Å². The van der Waals surface area contributed by atoms with E-state index in [4.69, 9.17) is 11.6 Å². The van der Waals surface area contributed by atoms with Gasteiger partial charge in [-0.2, -0.15) is 0 Å². The Balaban J connectivity index is 2.44. The second kappa shape index (κ2) is 3.97. The van der Waals surface area contributed by atoms with Gasteiger partial charge in [-0.15, -0.1) is 11.6 Å². The highest BCUT2D eigenvalue weighted by molar-refractivity contribution is 6.19. The summed E-state index contributed by atoms with van der Waals surface area (Å²) in [5.41, 5.74) is 3.20. The van der Waals surface area contributed by atoms with Gasteiger partial charge in [0.25, 0.3) is 0 Å². The summed E-state index contributed by atoms with van der Waals surface area (Å²) in [7, 11) is 0. The lowest BCUT2D eigenvalue weighted by Crippen LogP contribution is -1.91. The summed E-state index contributed by atoms with van der Waals surface area (Å²) in [6.07, 6.45) is 5.42. The van der Waals surface area contributed by atoms with E-state index in [1.54, 1.807) is 0 Å². The molecule has 1 aromatic carbocycles. The van der Waals surface area contributed by atoms with Gasteiger partial charge in [0, 0.05) is 17.9 Å². The van der Waals surface area contributed by atoms with E-state index in [1.165, 1.54) is 5.56 Å². The summed E-state index contributed by atoms with van der Waals surface area (Å²) in [4.78, 5) is 11.4. The molecule has 14 heavy (non-hydrogen) atoms. The summed E-state index contributed by atoms with van der Waals surface area (Å²) in [6.45, 7) is 0. The number of allylic oxidation sites excluding steroid dienone is 1. The van der Waals surface area contributed by atoms with Crippen LogP contribution in [0.2, 0.25) is 0 Å². The number of fused-ring (bicyclic) bond motifs is 1. The van der Waals surface area contributed by atoms with Crippen LogP contribution in [-0.4, -0.2) is 11.7 Å². The first-order valence-corrected chi connectivity index (χ1v) is 5.24. The van der Waals surface area contributed by atoms with Gasteiger partial charge in [-0.25, -0.2) is 0 Å². The molecule has 0 heterocycles. The molecule has 0 fully saturated rings. The molecule has 1 aliphatic carbocycles. The first kappa shape index (κ1) is 9.47. The maximum atomic E-state index is 11.4. The van der Waals surface area contributed by atoms with Crippen LogP contribution in [0, 0.1) is 0 Å². The van der Waals surface area contributed by atoms with Crippen LogP contribution in [0.15, 0.2) is 24.3 Å². The summed E-state index contributed by atoms with van der Waals surface area (Å²) in [5, 5.41) is 0. The summed E-state index contributed by atoms with van der Waals surface area (Å²) >= 11 is 5.58. The number of benzene rings is 1. The molecule has 0 amide bonds. The second-order valence-corrected chi connectivity index (χ2v) is 3.66. The number of carbonyl (C=O) groups is 1. The quantitative estimate of drug-likeness (QED) is 0.680. The number of halogens is 1. The fourth-order valence-electron chi connectivity index (χ4n) is 1.85. The Bertz CT molecular complexity index is 393. The van der Waals surface area contributed by atoms with E-state index in [-0.39, 0.29) is 5.78 Å². The van der Waals surface area contributed by atoms with Gasteiger partial charge in [0.15, 0.2) is 5.78 Å². The van der Waals surface area contributed by atoms with E-state index in [1.807, 2.05) is 30.4 Å². The van der Waals surface area contributed by atoms with Crippen LogP contribution in [0.4, 0.5) is 0 Å². The van der Waals surface area contributed by atoms with Gasteiger partial charge >= 0.3 is 0 Å². The molecule has 2 heteroatoms. The molecule has 1 aliphatic rings. The zero-order valence-electron chi connectivity index (χ0n) is 7.79. The predicted octanol–water partition coefficient (Wildman–Crippen LogP) is 3.07. The van der Waals surface area contributed by atoms with E-state index in [9.17, 15) is 4.79 Å². The molecule has 72 valence electrons. The maximum absolute atomic E-state index is 11.4. The van der Waals surface area contributed by atoms with Crippen LogP contribution in [0.25, 0.3) is 6.08 Å². The number of ketones is 1. The van der Waals surface area contributed by atoms with Crippen molar-refractivity contribution in [1.82, 2.24) is 0 Å². The van der Waals surface area contributed by atoms with Gasteiger partial charge < -0.3 is 0 Å². The van der Waals surface area contributed by atoms with Gasteiger partial charge in [-0.1, -0.05) is 30.4 Å². The van der Waals surface area contributed by atoms with Crippen LogP contribution in [-0.2, 0) is 6.42 Å². The third kappa shape index (κ3) is 1.60. The van der Waals surface area contributed by atoms with Crippen LogP contribution < -0.4 is 0 Å². The Morgan fingerprint density at radius 1 is 1.36 bits per heavy atom. The van der Waals surface area contributed by atoms with Crippen molar-refractivity contribution < 1.29 is 4.79 Å². The van der Waals surface area contributed by atoms with E-state index in [0.29, 0.717) is 12.3 Å². The molecule has 0 radical (unpaired) electrons. The second-order valence-electron chi connectivity index (χ2n) is 3.35. The Morgan fingerprint density at radius 2 is 2.21 bits per heavy atom. The Hall–Kier alpha value is -1.08. The largest absolute Gasteiger partial charge is 0.294 e. The summed E-state index contributed by atoms with van der Waals surface area (Å²) in [6, 6.07) is 5.86. The van der Waals surface area contributed by atoms with Gasteiger partial charge in [0.05, 0.1) is 0 Å². The smallest absolute Gasteiger partial charge is 0.163 e. The number of hydrogen-bond acceptors (Lipinski definition) is 1. The fourth-order valence-corrected chi connectivity index (χ4v) is 1.93. The number of Topliss-reactive ketones (excluding diaryl/α,β-unsaturated/α-hetero) is 1. The average molecular weight is 207 g/mol. The van der Waals surface area contributed by atoms with E-state index in [2.05, 4.69) is 0 Å². The highest BCUT2D eigenvalue weighted by Gasteiger charge is 2.20. The van der Waals surface area contributed by atoms with Gasteiger partial charge in [-0.3, -0.25) is 4.79 Å². The molecule has 0 bridgehead atoms. The summed E-state index contributed by atoms with van der Waals surface area (Å²) < 4.78 is 0. The normalized spacial score (nSPS) is 15.1. The number of hydrogen-bond donors (Lipinski definition) is 0. The third-order valence-corrected chi connectivity index (χ3v) is 2.68. The first-order valence-electron chi connectivity index (χ1n) is 4.70. The average Bonchev–Trinajstić information content (AvgIpc) is 2.58. The topological polar surface area (TPSA) is 17.1 Å². The van der Waals surface area contributed by atoms with Crippen molar-refractivity contribution in [3.8, 4) is 0 Å². The van der Waals surface area contributed by atoms with Crippen molar-refractivity contribution in [2.75, 3.05) is 5.88 Å². The van der Waals surface area contributed by atoms with Crippen molar-refractivity contribution in [2.24, 2.45) is 0 Å². The first-order chi connectivity index (χ1) is 6.83. The maximum Gasteiger partial charge on any atom is 0.163 e. The fraction of sp³-hybridized carbons (Fsp3) is 0.250. The molecule has 1 nitrogen and oxygen atoms in total. The zero-order chi connectivity index (χ0) is 9.97. The molecule has 2 rings (SSSR count). The Labute approximate surface area is 88.4 Å². The predicted molar refractivity (Wildman–Crippen MR) is 58.8 cm³/mol. The Kier molecular flexibility index (Phi) is 2.69. The molecule has 0 N–H and O–H groups in total. The highest BCUT2D eigenvalue weighted by atomic mass is 35.5. The molecule has 1 aromatic rings. The monoisotopic (exact) mass is 206 g/mol. The Morgan fingerprint density at radius 3 is 3.00 bits per heavy atom. The zero-order valence-corrected chi connectivity index (χ0v) is 8.55. The van der Waals surface area contributed by atoms with E-state index >= 15 is 0 Å². The molecule has 0 spiro atoms. The van der Waals surface area contributed by atoms with Crippen LogP contribution in [0.5, 0.6) is 0 Å². The molecule has 0 saturated carbocycles. The number of carbonyl (C=O) groups excluding carboxylic acids is 1. The molecule has 0 atom stereocenters. The number of alkyl halides is 1. The molecule has 0 aliphatic heterocycles. The minimum absolute atomic E-state index is 0.265.